The molecule has 2 bridgehead atoms. The predicted octanol–water partition coefficient (Wildman–Crippen LogP) is -0.160. The first kappa shape index (κ1) is 8.16. The van der Waals surface area contributed by atoms with E-state index in [4.69, 9.17) is 9.47 Å². The Morgan fingerprint density at radius 1 is 1.58 bits per heavy atom. The van der Waals surface area contributed by atoms with E-state index in [-0.39, 0.29) is 0 Å². The van der Waals surface area contributed by atoms with Gasteiger partial charge < -0.3 is 19.4 Å². The van der Waals surface area contributed by atoms with Crippen molar-refractivity contribution in [1.82, 2.24) is 0 Å². The molecule has 0 saturated carbocycles. The van der Waals surface area contributed by atoms with Crippen molar-refractivity contribution in [3.8, 4) is 0 Å². The average Bonchev–Trinajstić information content (AvgIpc) is 2.34. The van der Waals surface area contributed by atoms with Crippen LogP contribution in [0.4, 0.5) is 0 Å². The number of rotatable bonds is 1. The molecule has 0 radical (unpaired) electrons. The number of aldehydes is 1. The maximum Gasteiger partial charge on any atom is 0.167 e. The van der Waals surface area contributed by atoms with Crippen LogP contribution in [0.15, 0.2) is 0 Å². The number of aliphatic hydroxyl groups excluding tert-OH is 1. The molecular formula is C8H12O4. The van der Waals surface area contributed by atoms with Gasteiger partial charge in [0.2, 0.25) is 0 Å². The van der Waals surface area contributed by atoms with Crippen LogP contribution in [-0.2, 0) is 14.3 Å². The number of carbonyl (C=O) groups excluding carboxylic acids is 1. The van der Waals surface area contributed by atoms with Crippen molar-refractivity contribution in [3.63, 3.8) is 0 Å². The van der Waals surface area contributed by atoms with Gasteiger partial charge in [-0.15, -0.1) is 0 Å². The largest absolute Gasteiger partial charge is 0.390 e. The number of hydrogen-bond donors (Lipinski definition) is 1. The van der Waals surface area contributed by atoms with Gasteiger partial charge in [0.25, 0.3) is 0 Å². The summed E-state index contributed by atoms with van der Waals surface area (Å²) in [6.45, 7) is 1.80. The molecule has 0 aromatic rings. The third-order valence-corrected chi connectivity index (χ3v) is 2.50. The molecule has 2 saturated heterocycles. The topological polar surface area (TPSA) is 55.8 Å². The Morgan fingerprint density at radius 3 is 3.00 bits per heavy atom. The lowest BCUT2D eigenvalue weighted by atomic mass is 10.0. The molecule has 2 rings (SSSR count). The summed E-state index contributed by atoms with van der Waals surface area (Å²) in [6, 6.07) is 0. The zero-order chi connectivity index (χ0) is 8.77. The van der Waals surface area contributed by atoms with Crippen molar-refractivity contribution in [2.75, 3.05) is 0 Å². The molecule has 1 N–H and O–H groups in total. The highest BCUT2D eigenvalue weighted by Gasteiger charge is 2.51. The summed E-state index contributed by atoms with van der Waals surface area (Å²) in [5, 5.41) is 9.45. The Morgan fingerprint density at radius 2 is 2.33 bits per heavy atom. The Hall–Kier alpha value is -0.450. The predicted molar refractivity (Wildman–Crippen MR) is 39.5 cm³/mol. The molecule has 68 valence electrons. The standard InChI is InChI=1S/C8H12O4/c1-8-3-2-5(10)7(12-8)6(4-9)11-8/h4-7,10H,2-3H2,1H3/t5-,6+,7+,8-/m1/s1. The second kappa shape index (κ2) is 2.52. The Labute approximate surface area is 70.5 Å². The van der Waals surface area contributed by atoms with Crippen LogP contribution in [0.3, 0.4) is 0 Å². The minimum atomic E-state index is -0.643. The summed E-state index contributed by atoms with van der Waals surface area (Å²) in [6.07, 6.45) is 0.384. The summed E-state index contributed by atoms with van der Waals surface area (Å²) < 4.78 is 10.7. The molecule has 2 fully saturated rings. The monoisotopic (exact) mass is 172 g/mol. The number of carbonyl (C=O) groups is 1. The maximum absolute atomic E-state index is 10.5. The third-order valence-electron chi connectivity index (χ3n) is 2.50. The first-order chi connectivity index (χ1) is 5.64. The summed E-state index contributed by atoms with van der Waals surface area (Å²) in [5.41, 5.74) is 0. The van der Waals surface area contributed by atoms with Gasteiger partial charge in [0.15, 0.2) is 12.1 Å². The Balaban J connectivity index is 2.20. The zero-order valence-corrected chi connectivity index (χ0v) is 6.90. The lowest BCUT2D eigenvalue weighted by molar-refractivity contribution is -0.197. The van der Waals surface area contributed by atoms with E-state index in [0.29, 0.717) is 19.1 Å². The van der Waals surface area contributed by atoms with Crippen LogP contribution in [0.2, 0.25) is 0 Å². The van der Waals surface area contributed by atoms with Gasteiger partial charge in [-0.25, -0.2) is 0 Å². The molecule has 2 heterocycles. The van der Waals surface area contributed by atoms with Crippen LogP contribution in [-0.4, -0.2) is 35.5 Å². The molecule has 2 aliphatic rings. The fraction of sp³-hybridized carbons (Fsp3) is 0.875. The van der Waals surface area contributed by atoms with E-state index >= 15 is 0 Å². The van der Waals surface area contributed by atoms with E-state index in [9.17, 15) is 9.90 Å². The van der Waals surface area contributed by atoms with Gasteiger partial charge in [0, 0.05) is 6.42 Å². The van der Waals surface area contributed by atoms with Crippen LogP contribution in [0.1, 0.15) is 19.8 Å². The smallest absolute Gasteiger partial charge is 0.167 e. The van der Waals surface area contributed by atoms with Crippen molar-refractivity contribution in [2.45, 2.75) is 43.9 Å². The summed E-state index contributed by atoms with van der Waals surface area (Å²) in [4.78, 5) is 10.5. The number of hydrogen-bond acceptors (Lipinski definition) is 4. The second-order valence-electron chi connectivity index (χ2n) is 3.54. The van der Waals surface area contributed by atoms with Gasteiger partial charge in [-0.1, -0.05) is 0 Å². The normalized spacial score (nSPS) is 52.3. The Bertz CT molecular complexity index is 205. The van der Waals surface area contributed by atoms with E-state index in [2.05, 4.69) is 0 Å². The van der Waals surface area contributed by atoms with Crippen molar-refractivity contribution in [2.24, 2.45) is 0 Å². The molecule has 0 amide bonds. The highest BCUT2D eigenvalue weighted by atomic mass is 16.8. The lowest BCUT2D eigenvalue weighted by Gasteiger charge is -2.30. The zero-order valence-electron chi connectivity index (χ0n) is 6.90. The molecule has 12 heavy (non-hydrogen) atoms. The van der Waals surface area contributed by atoms with Crippen molar-refractivity contribution >= 4 is 6.29 Å². The summed E-state index contributed by atoms with van der Waals surface area (Å²) >= 11 is 0. The average molecular weight is 172 g/mol. The molecular weight excluding hydrogens is 160 g/mol. The molecule has 0 aromatic carbocycles. The van der Waals surface area contributed by atoms with E-state index in [1.54, 1.807) is 6.92 Å². The minimum Gasteiger partial charge on any atom is -0.390 e. The number of ether oxygens (including phenoxy) is 2. The van der Waals surface area contributed by atoms with Crippen LogP contribution in [0.5, 0.6) is 0 Å². The van der Waals surface area contributed by atoms with Crippen LogP contribution in [0.25, 0.3) is 0 Å². The summed E-state index contributed by atoms with van der Waals surface area (Å²) in [5.74, 6) is -0.643. The maximum atomic E-state index is 10.5. The number of fused-ring (bicyclic) bond motifs is 2. The van der Waals surface area contributed by atoms with Gasteiger partial charge in [-0.2, -0.15) is 0 Å². The molecule has 0 unspecified atom stereocenters. The molecule has 0 aliphatic carbocycles. The van der Waals surface area contributed by atoms with Gasteiger partial charge in [-0.05, 0) is 13.3 Å². The van der Waals surface area contributed by atoms with Crippen molar-refractivity contribution in [1.29, 1.82) is 0 Å². The fourth-order valence-electron chi connectivity index (χ4n) is 1.83. The highest BCUT2D eigenvalue weighted by Crippen LogP contribution is 2.38. The van der Waals surface area contributed by atoms with Crippen LogP contribution < -0.4 is 0 Å². The van der Waals surface area contributed by atoms with Crippen LogP contribution >= 0.6 is 0 Å². The van der Waals surface area contributed by atoms with E-state index in [1.807, 2.05) is 0 Å². The van der Waals surface area contributed by atoms with E-state index in [1.165, 1.54) is 0 Å². The van der Waals surface area contributed by atoms with Gasteiger partial charge in [0.1, 0.15) is 12.2 Å². The molecule has 4 heteroatoms. The molecule has 0 aromatic heterocycles. The first-order valence-electron chi connectivity index (χ1n) is 4.14. The van der Waals surface area contributed by atoms with Gasteiger partial charge in [0.05, 0.1) is 6.10 Å². The minimum absolute atomic E-state index is 0.457. The van der Waals surface area contributed by atoms with Gasteiger partial charge in [-0.3, -0.25) is 0 Å². The molecule has 2 aliphatic heterocycles. The quantitative estimate of drug-likeness (QED) is 0.558. The van der Waals surface area contributed by atoms with E-state index < -0.39 is 24.1 Å². The van der Waals surface area contributed by atoms with Gasteiger partial charge >= 0.3 is 0 Å². The number of aliphatic hydroxyl groups is 1. The first-order valence-corrected chi connectivity index (χ1v) is 4.14. The Kier molecular flexibility index (Phi) is 1.71. The lowest BCUT2D eigenvalue weighted by Crippen LogP contribution is -2.40. The fourth-order valence-corrected chi connectivity index (χ4v) is 1.83. The SMILES string of the molecule is C[C@]12CC[C@@H](O)[C@H](O1)[C@H](C=O)O2. The second-order valence-corrected chi connectivity index (χ2v) is 3.54. The summed E-state index contributed by atoms with van der Waals surface area (Å²) in [7, 11) is 0. The third kappa shape index (κ3) is 1.07. The molecule has 4 nitrogen and oxygen atoms in total. The van der Waals surface area contributed by atoms with Crippen molar-refractivity contribution in [3.05, 3.63) is 0 Å². The molecule has 4 atom stereocenters. The van der Waals surface area contributed by atoms with E-state index in [0.717, 1.165) is 0 Å². The highest BCUT2D eigenvalue weighted by molar-refractivity contribution is 5.58. The molecule has 0 spiro atoms. The van der Waals surface area contributed by atoms with Crippen LogP contribution in [0, 0.1) is 0 Å². The van der Waals surface area contributed by atoms with Crippen molar-refractivity contribution < 1.29 is 19.4 Å².